The first-order valence-corrected chi connectivity index (χ1v) is 4.98. The highest BCUT2D eigenvalue weighted by Crippen LogP contribution is 2.02. The Morgan fingerprint density at radius 2 is 1.85 bits per heavy atom. The third kappa shape index (κ3) is 7.78. The van der Waals surface area contributed by atoms with E-state index in [1.165, 1.54) is 0 Å². The van der Waals surface area contributed by atoms with Crippen molar-refractivity contribution in [3.8, 4) is 0 Å². The molecule has 1 amide bonds. The molecular formula is C10H24N2O. The van der Waals surface area contributed by atoms with Crippen LogP contribution in [0.1, 0.15) is 27.2 Å². The quantitative estimate of drug-likeness (QED) is 0.722. The number of rotatable bonds is 4. The third-order valence-corrected chi connectivity index (χ3v) is 1.70. The highest BCUT2D eigenvalue weighted by atomic mass is 16.1. The minimum Gasteiger partial charge on any atom is -0.359 e. The summed E-state index contributed by atoms with van der Waals surface area (Å²) in [6.07, 6.45) is 0.901. The van der Waals surface area contributed by atoms with E-state index in [0.29, 0.717) is 0 Å². The van der Waals surface area contributed by atoms with Crippen molar-refractivity contribution in [3.05, 3.63) is 0 Å². The number of carbonyl (C=O) groups is 1. The monoisotopic (exact) mass is 188 g/mol. The Labute approximate surface area is 82.5 Å². The molecule has 3 nitrogen and oxygen atoms in total. The van der Waals surface area contributed by atoms with Crippen LogP contribution in [0.4, 0.5) is 0 Å². The Kier molecular flexibility index (Phi) is 10.9. The summed E-state index contributed by atoms with van der Waals surface area (Å²) < 4.78 is 0. The van der Waals surface area contributed by atoms with Gasteiger partial charge in [-0.2, -0.15) is 0 Å². The predicted molar refractivity (Wildman–Crippen MR) is 57.7 cm³/mol. The zero-order chi connectivity index (χ0) is 10.9. The molecule has 0 radical (unpaired) electrons. The van der Waals surface area contributed by atoms with Gasteiger partial charge in [0.2, 0.25) is 5.91 Å². The van der Waals surface area contributed by atoms with E-state index in [9.17, 15) is 4.79 Å². The predicted octanol–water partition coefficient (Wildman–Crippen LogP) is 1.35. The normalized spacial score (nSPS) is 11.6. The summed E-state index contributed by atoms with van der Waals surface area (Å²) in [6, 6.07) is 0. The van der Waals surface area contributed by atoms with E-state index in [4.69, 9.17) is 0 Å². The number of amides is 1. The fourth-order valence-electron chi connectivity index (χ4n) is 1.04. The number of carbonyl (C=O) groups excluding carboxylic acids is 1. The molecule has 0 aromatic heterocycles. The van der Waals surface area contributed by atoms with Crippen molar-refractivity contribution < 1.29 is 4.79 Å². The van der Waals surface area contributed by atoms with E-state index in [1.54, 1.807) is 7.05 Å². The van der Waals surface area contributed by atoms with Gasteiger partial charge < -0.3 is 10.2 Å². The van der Waals surface area contributed by atoms with Gasteiger partial charge in [-0.05, 0) is 20.5 Å². The molecule has 0 saturated carbocycles. The molecule has 0 bridgehead atoms. The van der Waals surface area contributed by atoms with Crippen molar-refractivity contribution in [1.82, 2.24) is 10.2 Å². The second kappa shape index (κ2) is 9.52. The number of nitrogens with one attached hydrogen (secondary N) is 1. The lowest BCUT2D eigenvalue weighted by molar-refractivity contribution is -0.125. The van der Waals surface area contributed by atoms with Crippen LogP contribution in [0.5, 0.6) is 0 Å². The van der Waals surface area contributed by atoms with Crippen molar-refractivity contribution in [2.75, 3.05) is 27.7 Å². The molecule has 0 aromatic rings. The summed E-state index contributed by atoms with van der Waals surface area (Å²) in [5.74, 6) is 0.274. The van der Waals surface area contributed by atoms with Crippen LogP contribution in [-0.2, 0) is 4.79 Å². The van der Waals surface area contributed by atoms with E-state index in [0.717, 1.165) is 13.0 Å². The summed E-state index contributed by atoms with van der Waals surface area (Å²) >= 11 is 0. The zero-order valence-electron chi connectivity index (χ0n) is 9.85. The highest BCUT2D eigenvalue weighted by molar-refractivity contribution is 5.78. The fraction of sp³-hybridized carbons (Fsp3) is 0.900. The zero-order valence-corrected chi connectivity index (χ0v) is 9.85. The van der Waals surface area contributed by atoms with Gasteiger partial charge in [0, 0.05) is 13.6 Å². The third-order valence-electron chi connectivity index (χ3n) is 1.70. The number of hydrogen-bond donors (Lipinski definition) is 1. The van der Waals surface area contributed by atoms with Gasteiger partial charge in [-0.1, -0.05) is 20.8 Å². The van der Waals surface area contributed by atoms with E-state index in [-0.39, 0.29) is 11.8 Å². The molecule has 0 rings (SSSR count). The van der Waals surface area contributed by atoms with Crippen LogP contribution in [0, 0.1) is 5.92 Å². The van der Waals surface area contributed by atoms with Crippen molar-refractivity contribution in [2.45, 2.75) is 27.2 Å². The Bertz CT molecular complexity index is 124. The topological polar surface area (TPSA) is 32.3 Å². The smallest absolute Gasteiger partial charge is 0.224 e. The van der Waals surface area contributed by atoms with Crippen LogP contribution in [0.15, 0.2) is 0 Å². The van der Waals surface area contributed by atoms with Crippen LogP contribution < -0.4 is 5.32 Å². The van der Waals surface area contributed by atoms with Crippen molar-refractivity contribution in [3.63, 3.8) is 0 Å². The van der Waals surface area contributed by atoms with Crippen molar-refractivity contribution in [1.29, 1.82) is 0 Å². The van der Waals surface area contributed by atoms with Gasteiger partial charge in [0.25, 0.3) is 0 Å². The molecule has 0 heterocycles. The molecule has 3 heteroatoms. The standard InChI is InChI=1S/C8H18N2O.C2H6/c1-5-7(6-10(3)4)8(11)9-2;1-2/h7H,5-6H2,1-4H3,(H,9,11);1-2H3. The largest absolute Gasteiger partial charge is 0.359 e. The van der Waals surface area contributed by atoms with Crippen LogP contribution in [0.3, 0.4) is 0 Å². The molecule has 0 fully saturated rings. The maximum Gasteiger partial charge on any atom is 0.224 e. The van der Waals surface area contributed by atoms with Crippen LogP contribution in [0.2, 0.25) is 0 Å². The molecule has 1 N–H and O–H groups in total. The lowest BCUT2D eigenvalue weighted by Gasteiger charge is -2.17. The molecule has 0 aromatic carbocycles. The lowest BCUT2D eigenvalue weighted by atomic mass is 10.1. The number of hydrogen-bond acceptors (Lipinski definition) is 2. The van der Waals surface area contributed by atoms with Gasteiger partial charge in [0.1, 0.15) is 0 Å². The average Bonchev–Trinajstić information content (AvgIpc) is 2.16. The minimum absolute atomic E-state index is 0.134. The molecule has 0 saturated heterocycles. The van der Waals surface area contributed by atoms with E-state index in [1.807, 2.05) is 39.8 Å². The number of nitrogens with zero attached hydrogens (tertiary/aromatic N) is 1. The molecule has 0 aliphatic rings. The summed E-state index contributed by atoms with van der Waals surface area (Å²) in [5, 5.41) is 2.66. The SMILES string of the molecule is CC.CCC(CN(C)C)C(=O)NC. The Balaban J connectivity index is 0. The first-order chi connectivity index (χ1) is 6.11. The maximum atomic E-state index is 11.1. The Morgan fingerprint density at radius 1 is 1.38 bits per heavy atom. The van der Waals surface area contributed by atoms with Gasteiger partial charge in [0.15, 0.2) is 0 Å². The lowest BCUT2D eigenvalue weighted by Crippen LogP contribution is -2.34. The van der Waals surface area contributed by atoms with Gasteiger partial charge in [-0.25, -0.2) is 0 Å². The molecular weight excluding hydrogens is 164 g/mol. The molecule has 1 unspecified atom stereocenters. The Hall–Kier alpha value is -0.570. The molecule has 0 spiro atoms. The van der Waals surface area contributed by atoms with Crippen LogP contribution in [0.25, 0.3) is 0 Å². The van der Waals surface area contributed by atoms with Gasteiger partial charge in [-0.3, -0.25) is 4.79 Å². The van der Waals surface area contributed by atoms with E-state index in [2.05, 4.69) is 5.32 Å². The summed E-state index contributed by atoms with van der Waals surface area (Å²) in [6.45, 7) is 6.86. The summed E-state index contributed by atoms with van der Waals surface area (Å²) in [5.41, 5.74) is 0. The van der Waals surface area contributed by atoms with Crippen LogP contribution in [-0.4, -0.2) is 38.5 Å². The molecule has 1 atom stereocenters. The van der Waals surface area contributed by atoms with Gasteiger partial charge >= 0.3 is 0 Å². The molecule has 80 valence electrons. The van der Waals surface area contributed by atoms with E-state index < -0.39 is 0 Å². The average molecular weight is 188 g/mol. The first kappa shape index (κ1) is 14.9. The van der Waals surface area contributed by atoms with E-state index >= 15 is 0 Å². The maximum absolute atomic E-state index is 11.1. The van der Waals surface area contributed by atoms with Gasteiger partial charge in [-0.15, -0.1) is 0 Å². The molecule has 0 aliphatic heterocycles. The molecule has 0 aliphatic carbocycles. The summed E-state index contributed by atoms with van der Waals surface area (Å²) in [7, 11) is 5.64. The highest BCUT2D eigenvalue weighted by Gasteiger charge is 2.14. The first-order valence-electron chi connectivity index (χ1n) is 4.98. The minimum atomic E-state index is 0.134. The summed E-state index contributed by atoms with van der Waals surface area (Å²) in [4.78, 5) is 13.2. The Morgan fingerprint density at radius 3 is 2.08 bits per heavy atom. The second-order valence-corrected chi connectivity index (χ2v) is 2.98. The fourth-order valence-corrected chi connectivity index (χ4v) is 1.04. The van der Waals surface area contributed by atoms with Gasteiger partial charge in [0.05, 0.1) is 5.92 Å². The van der Waals surface area contributed by atoms with Crippen molar-refractivity contribution in [2.24, 2.45) is 5.92 Å². The molecule has 13 heavy (non-hydrogen) atoms. The second-order valence-electron chi connectivity index (χ2n) is 2.98. The van der Waals surface area contributed by atoms with Crippen molar-refractivity contribution >= 4 is 5.91 Å². The van der Waals surface area contributed by atoms with Crippen LogP contribution >= 0.6 is 0 Å².